The fourth-order valence-electron chi connectivity index (χ4n) is 3.12. The van der Waals surface area contributed by atoms with E-state index in [4.69, 9.17) is 4.74 Å². The zero-order chi connectivity index (χ0) is 23.2. The number of nitro benzene ring substituents is 1. The van der Waals surface area contributed by atoms with Gasteiger partial charge in [-0.15, -0.1) is 0 Å². The second-order valence-corrected chi connectivity index (χ2v) is 6.94. The normalized spacial score (nSPS) is 10.8. The van der Waals surface area contributed by atoms with Crippen LogP contribution >= 0.6 is 0 Å². The van der Waals surface area contributed by atoms with Crippen molar-refractivity contribution in [2.75, 3.05) is 7.11 Å². The second-order valence-electron chi connectivity index (χ2n) is 6.94. The summed E-state index contributed by atoms with van der Waals surface area (Å²) in [5.74, 6) is 0.268. The molecule has 9 nitrogen and oxygen atoms in total. The summed E-state index contributed by atoms with van der Waals surface area (Å²) < 4.78 is 6.75. The van der Waals surface area contributed by atoms with Crippen LogP contribution in [0.1, 0.15) is 16.1 Å². The van der Waals surface area contributed by atoms with Crippen molar-refractivity contribution in [3.8, 4) is 22.7 Å². The summed E-state index contributed by atoms with van der Waals surface area (Å²) in [7, 11) is 1.60. The molecule has 0 radical (unpaired) electrons. The van der Waals surface area contributed by atoms with Crippen LogP contribution in [0.4, 0.5) is 5.69 Å². The van der Waals surface area contributed by atoms with Gasteiger partial charge in [-0.2, -0.15) is 10.2 Å². The number of hydrazone groups is 1. The van der Waals surface area contributed by atoms with Crippen LogP contribution in [0.25, 0.3) is 16.9 Å². The molecule has 1 N–H and O–H groups in total. The molecule has 0 aliphatic rings. The third-order valence-electron chi connectivity index (χ3n) is 4.81. The van der Waals surface area contributed by atoms with Gasteiger partial charge in [0.15, 0.2) is 0 Å². The Balaban J connectivity index is 1.60. The fraction of sp³-hybridized carbons (Fsp3) is 0.0417. The lowest BCUT2D eigenvalue weighted by atomic mass is 10.1. The minimum Gasteiger partial charge on any atom is -0.497 e. The molecule has 1 heterocycles. The van der Waals surface area contributed by atoms with E-state index in [1.807, 2.05) is 54.6 Å². The Morgan fingerprint density at radius 3 is 2.39 bits per heavy atom. The zero-order valence-electron chi connectivity index (χ0n) is 17.6. The smallest absolute Gasteiger partial charge is 0.290 e. The molecule has 0 unspecified atom stereocenters. The molecule has 9 heteroatoms. The zero-order valence-corrected chi connectivity index (χ0v) is 17.6. The molecule has 4 rings (SSSR count). The SMILES string of the molecule is COc1ccc(-c2cc(C(=O)N/N=C/c3ccc([N+](=O)[O-])cc3)n(-c3ccccc3)n2)cc1. The van der Waals surface area contributed by atoms with E-state index in [0.717, 1.165) is 17.0 Å². The van der Waals surface area contributed by atoms with Gasteiger partial charge in [0.05, 0.1) is 29.6 Å². The van der Waals surface area contributed by atoms with E-state index in [9.17, 15) is 14.9 Å². The van der Waals surface area contributed by atoms with Gasteiger partial charge in [-0.3, -0.25) is 14.9 Å². The molecular formula is C24H19N5O4. The lowest BCUT2D eigenvalue weighted by molar-refractivity contribution is -0.384. The largest absolute Gasteiger partial charge is 0.497 e. The molecule has 0 saturated heterocycles. The third kappa shape index (κ3) is 4.93. The maximum absolute atomic E-state index is 12.9. The van der Waals surface area contributed by atoms with Gasteiger partial charge < -0.3 is 4.74 Å². The highest BCUT2D eigenvalue weighted by molar-refractivity contribution is 5.95. The molecular weight excluding hydrogens is 422 g/mol. The Morgan fingerprint density at radius 2 is 1.76 bits per heavy atom. The summed E-state index contributed by atoms with van der Waals surface area (Å²) in [4.78, 5) is 23.2. The predicted octanol–water partition coefficient (Wildman–Crippen LogP) is 4.22. The number of para-hydroxylation sites is 1. The number of methoxy groups -OCH3 is 1. The van der Waals surface area contributed by atoms with Gasteiger partial charge in [0, 0.05) is 17.7 Å². The molecule has 0 spiro atoms. The van der Waals surface area contributed by atoms with E-state index in [1.165, 1.54) is 18.3 Å². The predicted molar refractivity (Wildman–Crippen MR) is 124 cm³/mol. The van der Waals surface area contributed by atoms with Crippen molar-refractivity contribution in [1.82, 2.24) is 15.2 Å². The quantitative estimate of drug-likeness (QED) is 0.262. The number of nitrogens with zero attached hydrogens (tertiary/aromatic N) is 4. The third-order valence-corrected chi connectivity index (χ3v) is 4.81. The minimum absolute atomic E-state index is 0.0194. The Kier molecular flexibility index (Phi) is 6.21. The first kappa shape index (κ1) is 21.4. The standard InChI is InChI=1S/C24H19N5O4/c1-33-21-13-9-18(10-14-21)22-15-23(28(27-22)19-5-3-2-4-6-19)24(30)26-25-16-17-7-11-20(12-8-17)29(31)32/h2-16H,1H3,(H,26,30)/b25-16+. The van der Waals surface area contributed by atoms with E-state index >= 15 is 0 Å². The molecule has 164 valence electrons. The Bertz CT molecular complexity index is 1300. The number of nitrogens with one attached hydrogen (secondary N) is 1. The Hall–Kier alpha value is -4.79. The van der Waals surface area contributed by atoms with Gasteiger partial charge in [0.25, 0.3) is 11.6 Å². The molecule has 0 aliphatic heterocycles. The number of nitro groups is 1. The van der Waals surface area contributed by atoms with E-state index in [-0.39, 0.29) is 5.69 Å². The number of aromatic nitrogens is 2. The molecule has 3 aromatic carbocycles. The first-order chi connectivity index (χ1) is 16.0. The fourth-order valence-corrected chi connectivity index (χ4v) is 3.12. The highest BCUT2D eigenvalue weighted by Crippen LogP contribution is 2.24. The summed E-state index contributed by atoms with van der Waals surface area (Å²) in [6.07, 6.45) is 1.41. The molecule has 0 fully saturated rings. The average Bonchev–Trinajstić information content (AvgIpc) is 3.30. The lowest BCUT2D eigenvalue weighted by Crippen LogP contribution is -2.21. The first-order valence-electron chi connectivity index (χ1n) is 9.93. The maximum Gasteiger partial charge on any atom is 0.290 e. The summed E-state index contributed by atoms with van der Waals surface area (Å²) in [5.41, 5.74) is 5.55. The molecule has 0 bridgehead atoms. The molecule has 0 aliphatic carbocycles. The van der Waals surface area contributed by atoms with Gasteiger partial charge in [-0.1, -0.05) is 18.2 Å². The van der Waals surface area contributed by atoms with Crippen molar-refractivity contribution in [3.05, 3.63) is 106 Å². The van der Waals surface area contributed by atoms with Gasteiger partial charge in [-0.05, 0) is 60.2 Å². The number of carbonyl (C=O) groups excluding carboxylic acids is 1. The second kappa shape index (κ2) is 9.56. The van der Waals surface area contributed by atoms with Crippen molar-refractivity contribution in [2.45, 2.75) is 0 Å². The van der Waals surface area contributed by atoms with Crippen molar-refractivity contribution in [1.29, 1.82) is 0 Å². The van der Waals surface area contributed by atoms with Crippen LogP contribution in [0.15, 0.2) is 90.0 Å². The average molecular weight is 441 g/mol. The van der Waals surface area contributed by atoms with E-state index < -0.39 is 10.8 Å². The van der Waals surface area contributed by atoms with Crippen LogP contribution in [-0.4, -0.2) is 33.9 Å². The first-order valence-corrected chi connectivity index (χ1v) is 9.93. The molecule has 0 saturated carbocycles. The Morgan fingerprint density at radius 1 is 1.06 bits per heavy atom. The lowest BCUT2D eigenvalue weighted by Gasteiger charge is -2.06. The number of rotatable bonds is 7. The summed E-state index contributed by atoms with van der Waals surface area (Å²) >= 11 is 0. The van der Waals surface area contributed by atoms with Crippen LogP contribution in [0.2, 0.25) is 0 Å². The van der Waals surface area contributed by atoms with Crippen molar-refractivity contribution in [2.24, 2.45) is 5.10 Å². The monoisotopic (exact) mass is 441 g/mol. The van der Waals surface area contributed by atoms with Gasteiger partial charge in [-0.25, -0.2) is 10.1 Å². The number of carbonyl (C=O) groups is 1. The maximum atomic E-state index is 12.9. The number of hydrogen-bond acceptors (Lipinski definition) is 6. The number of benzene rings is 3. The molecule has 33 heavy (non-hydrogen) atoms. The van der Waals surface area contributed by atoms with Gasteiger partial charge in [0.2, 0.25) is 0 Å². The van der Waals surface area contributed by atoms with E-state index in [1.54, 1.807) is 30.0 Å². The number of amides is 1. The van der Waals surface area contributed by atoms with Crippen molar-refractivity contribution < 1.29 is 14.5 Å². The number of ether oxygens (including phenoxy) is 1. The van der Waals surface area contributed by atoms with E-state index in [2.05, 4.69) is 15.6 Å². The molecule has 0 atom stereocenters. The summed E-state index contributed by atoms with van der Waals surface area (Å²) in [6, 6.07) is 24.2. The number of non-ortho nitro benzene ring substituents is 1. The topological polar surface area (TPSA) is 112 Å². The summed E-state index contributed by atoms with van der Waals surface area (Å²) in [6.45, 7) is 0. The molecule has 4 aromatic rings. The molecule has 1 aromatic heterocycles. The highest BCUT2D eigenvalue weighted by atomic mass is 16.6. The summed E-state index contributed by atoms with van der Waals surface area (Å²) in [5, 5.41) is 19.4. The minimum atomic E-state index is -0.478. The Labute approximate surface area is 189 Å². The van der Waals surface area contributed by atoms with Gasteiger partial charge >= 0.3 is 0 Å². The number of hydrogen-bond donors (Lipinski definition) is 1. The van der Waals surface area contributed by atoms with Crippen LogP contribution in [0.5, 0.6) is 5.75 Å². The molecule has 1 amide bonds. The van der Waals surface area contributed by atoms with Crippen LogP contribution in [0, 0.1) is 10.1 Å². The van der Waals surface area contributed by atoms with Crippen LogP contribution < -0.4 is 10.2 Å². The van der Waals surface area contributed by atoms with E-state index in [0.29, 0.717) is 17.0 Å². The highest BCUT2D eigenvalue weighted by Gasteiger charge is 2.17. The van der Waals surface area contributed by atoms with Crippen molar-refractivity contribution in [3.63, 3.8) is 0 Å². The van der Waals surface area contributed by atoms with Crippen molar-refractivity contribution >= 4 is 17.8 Å². The van der Waals surface area contributed by atoms with Crippen LogP contribution in [0.3, 0.4) is 0 Å². The van der Waals surface area contributed by atoms with Gasteiger partial charge in [0.1, 0.15) is 11.4 Å². The van der Waals surface area contributed by atoms with Crippen LogP contribution in [-0.2, 0) is 0 Å².